The van der Waals surface area contributed by atoms with Gasteiger partial charge >= 0.3 is 0 Å². The molecule has 124 valence electrons. The van der Waals surface area contributed by atoms with E-state index in [2.05, 4.69) is 5.32 Å². The monoisotopic (exact) mass is 324 g/mol. The van der Waals surface area contributed by atoms with Crippen LogP contribution in [0.3, 0.4) is 0 Å². The third-order valence-corrected chi connectivity index (χ3v) is 4.13. The number of aliphatic hydroxyl groups is 1. The predicted octanol–water partition coefficient (Wildman–Crippen LogP) is 2.87. The summed E-state index contributed by atoms with van der Waals surface area (Å²) < 4.78 is 0. The number of hydrogen-bond donors (Lipinski definition) is 2. The molecule has 1 fully saturated rings. The maximum Gasteiger partial charge on any atom is 0.257 e. The van der Waals surface area contributed by atoms with Crippen molar-refractivity contribution in [2.45, 2.75) is 26.4 Å². The van der Waals surface area contributed by atoms with Gasteiger partial charge in [0.1, 0.15) is 0 Å². The first-order valence-corrected chi connectivity index (χ1v) is 8.00. The summed E-state index contributed by atoms with van der Waals surface area (Å²) in [6.45, 7) is 2.47. The van der Waals surface area contributed by atoms with E-state index >= 15 is 0 Å². The number of carbonyl (C=O) groups excluding carboxylic acids is 2. The third-order valence-electron chi connectivity index (χ3n) is 4.13. The number of aliphatic hydroxyl groups excluding tert-OH is 1. The Kier molecular flexibility index (Phi) is 4.62. The van der Waals surface area contributed by atoms with Gasteiger partial charge < -0.3 is 15.3 Å². The van der Waals surface area contributed by atoms with Gasteiger partial charge in [-0.25, -0.2) is 0 Å². The van der Waals surface area contributed by atoms with Gasteiger partial charge in [-0.3, -0.25) is 9.59 Å². The zero-order valence-corrected chi connectivity index (χ0v) is 13.6. The van der Waals surface area contributed by atoms with Crippen LogP contribution in [0.5, 0.6) is 0 Å². The Bertz CT molecular complexity index is 786. The maximum atomic E-state index is 12.7. The Labute approximate surface area is 140 Å². The van der Waals surface area contributed by atoms with E-state index in [0.717, 1.165) is 17.5 Å². The number of nitrogens with zero attached hydrogens (tertiary/aromatic N) is 1. The van der Waals surface area contributed by atoms with Gasteiger partial charge in [-0.2, -0.15) is 0 Å². The first kappa shape index (κ1) is 16.2. The molecule has 2 aromatic rings. The number of amides is 2. The molecule has 0 bridgehead atoms. The minimum atomic E-state index is -0.261. The molecule has 2 amide bonds. The van der Waals surface area contributed by atoms with Crippen LogP contribution in [0.1, 0.15) is 34.3 Å². The summed E-state index contributed by atoms with van der Waals surface area (Å²) in [5.41, 5.74) is 3.44. The lowest BCUT2D eigenvalue weighted by molar-refractivity contribution is -0.117. The van der Waals surface area contributed by atoms with E-state index in [-0.39, 0.29) is 18.4 Å². The van der Waals surface area contributed by atoms with Crippen LogP contribution in [0, 0.1) is 6.92 Å². The molecule has 1 aliphatic heterocycles. The van der Waals surface area contributed by atoms with Gasteiger partial charge in [0, 0.05) is 18.7 Å². The van der Waals surface area contributed by atoms with Gasteiger partial charge in [-0.1, -0.05) is 23.8 Å². The standard InChI is InChI=1S/C19H20N2O3/c1-13-7-8-17(21-9-3-6-18(21)23)16(10-13)19(24)20-15-5-2-4-14(11-15)12-22/h2,4-5,7-8,10-11,22H,3,6,9,12H2,1H3,(H,20,24). The van der Waals surface area contributed by atoms with Crippen LogP contribution in [0.2, 0.25) is 0 Å². The Morgan fingerprint density at radius 3 is 2.79 bits per heavy atom. The normalized spacial score (nSPS) is 14.1. The van der Waals surface area contributed by atoms with Crippen molar-refractivity contribution in [2.24, 2.45) is 0 Å². The highest BCUT2D eigenvalue weighted by molar-refractivity contribution is 6.11. The fourth-order valence-corrected chi connectivity index (χ4v) is 2.92. The Balaban J connectivity index is 1.91. The Morgan fingerprint density at radius 2 is 2.08 bits per heavy atom. The van der Waals surface area contributed by atoms with Gasteiger partial charge in [0.25, 0.3) is 5.91 Å². The smallest absolute Gasteiger partial charge is 0.257 e. The van der Waals surface area contributed by atoms with E-state index in [1.54, 1.807) is 35.2 Å². The summed E-state index contributed by atoms with van der Waals surface area (Å²) in [5.74, 6) is -0.210. The average Bonchev–Trinajstić information content (AvgIpc) is 3.01. The topological polar surface area (TPSA) is 69.6 Å². The summed E-state index contributed by atoms with van der Waals surface area (Å²) in [5, 5.41) is 12.1. The van der Waals surface area contributed by atoms with Crippen molar-refractivity contribution in [1.29, 1.82) is 0 Å². The first-order valence-electron chi connectivity index (χ1n) is 8.00. The minimum Gasteiger partial charge on any atom is -0.392 e. The van der Waals surface area contributed by atoms with Crippen molar-refractivity contribution in [3.05, 3.63) is 59.2 Å². The van der Waals surface area contributed by atoms with Crippen LogP contribution < -0.4 is 10.2 Å². The van der Waals surface area contributed by atoms with Crippen molar-refractivity contribution in [3.8, 4) is 0 Å². The van der Waals surface area contributed by atoms with E-state index < -0.39 is 0 Å². The zero-order valence-electron chi connectivity index (χ0n) is 13.6. The molecular formula is C19H20N2O3. The molecule has 0 spiro atoms. The number of benzene rings is 2. The van der Waals surface area contributed by atoms with Crippen molar-refractivity contribution >= 4 is 23.2 Å². The van der Waals surface area contributed by atoms with Crippen LogP contribution in [-0.4, -0.2) is 23.5 Å². The molecule has 2 N–H and O–H groups in total. The first-order chi connectivity index (χ1) is 11.6. The van der Waals surface area contributed by atoms with Crippen LogP contribution in [-0.2, 0) is 11.4 Å². The number of nitrogens with one attached hydrogen (secondary N) is 1. The Morgan fingerprint density at radius 1 is 1.25 bits per heavy atom. The van der Waals surface area contributed by atoms with Gasteiger partial charge in [-0.05, 0) is 43.2 Å². The summed E-state index contributed by atoms with van der Waals surface area (Å²) in [6.07, 6.45) is 1.33. The average molecular weight is 324 g/mol. The number of anilines is 2. The second-order valence-electron chi connectivity index (χ2n) is 5.98. The van der Waals surface area contributed by atoms with Crippen molar-refractivity contribution in [1.82, 2.24) is 0 Å². The fourth-order valence-electron chi connectivity index (χ4n) is 2.92. The number of carbonyl (C=O) groups is 2. The molecule has 0 aromatic heterocycles. The third kappa shape index (κ3) is 3.31. The van der Waals surface area contributed by atoms with Crippen molar-refractivity contribution in [3.63, 3.8) is 0 Å². The molecule has 2 aromatic carbocycles. The summed E-state index contributed by atoms with van der Waals surface area (Å²) in [4.78, 5) is 26.5. The molecule has 0 atom stereocenters. The summed E-state index contributed by atoms with van der Waals surface area (Å²) in [7, 11) is 0. The molecule has 0 saturated carbocycles. The van der Waals surface area contributed by atoms with Gasteiger partial charge in [0.15, 0.2) is 0 Å². The lowest BCUT2D eigenvalue weighted by atomic mass is 10.1. The highest BCUT2D eigenvalue weighted by Crippen LogP contribution is 2.27. The molecule has 24 heavy (non-hydrogen) atoms. The largest absolute Gasteiger partial charge is 0.392 e. The lowest BCUT2D eigenvalue weighted by Gasteiger charge is -2.20. The number of hydrogen-bond acceptors (Lipinski definition) is 3. The van der Waals surface area contributed by atoms with Crippen molar-refractivity contribution in [2.75, 3.05) is 16.8 Å². The zero-order chi connectivity index (χ0) is 17.1. The highest BCUT2D eigenvalue weighted by Gasteiger charge is 2.26. The van der Waals surface area contributed by atoms with E-state index in [9.17, 15) is 14.7 Å². The molecule has 5 nitrogen and oxygen atoms in total. The second-order valence-corrected chi connectivity index (χ2v) is 5.98. The molecule has 0 unspecified atom stereocenters. The summed E-state index contributed by atoms with van der Waals surface area (Å²) in [6, 6.07) is 12.6. The molecule has 1 aliphatic rings. The van der Waals surface area contributed by atoms with Crippen LogP contribution in [0.25, 0.3) is 0 Å². The minimum absolute atomic E-state index is 0.0511. The van der Waals surface area contributed by atoms with E-state index in [1.807, 2.05) is 19.1 Å². The number of rotatable bonds is 4. The molecule has 3 rings (SSSR count). The van der Waals surface area contributed by atoms with Crippen LogP contribution >= 0.6 is 0 Å². The van der Waals surface area contributed by atoms with E-state index in [1.165, 1.54) is 0 Å². The SMILES string of the molecule is Cc1ccc(N2CCCC2=O)c(C(=O)Nc2cccc(CO)c2)c1. The van der Waals surface area contributed by atoms with E-state index in [4.69, 9.17) is 0 Å². The molecule has 1 saturated heterocycles. The van der Waals surface area contributed by atoms with Gasteiger partial charge in [0.2, 0.25) is 5.91 Å². The maximum absolute atomic E-state index is 12.7. The fraction of sp³-hybridized carbons (Fsp3) is 0.263. The molecule has 5 heteroatoms. The van der Waals surface area contributed by atoms with Crippen molar-refractivity contribution < 1.29 is 14.7 Å². The molecule has 0 aliphatic carbocycles. The molecule has 0 radical (unpaired) electrons. The van der Waals surface area contributed by atoms with Crippen LogP contribution in [0.4, 0.5) is 11.4 Å². The second kappa shape index (κ2) is 6.84. The lowest BCUT2D eigenvalue weighted by Crippen LogP contribution is -2.27. The van der Waals surface area contributed by atoms with Crippen LogP contribution in [0.15, 0.2) is 42.5 Å². The molecular weight excluding hydrogens is 304 g/mol. The summed E-state index contributed by atoms with van der Waals surface area (Å²) >= 11 is 0. The Hall–Kier alpha value is -2.66. The molecule has 1 heterocycles. The van der Waals surface area contributed by atoms with E-state index in [0.29, 0.717) is 29.9 Å². The quantitative estimate of drug-likeness (QED) is 0.908. The van der Waals surface area contributed by atoms with Gasteiger partial charge in [0.05, 0.1) is 17.9 Å². The highest BCUT2D eigenvalue weighted by atomic mass is 16.3. The van der Waals surface area contributed by atoms with Gasteiger partial charge in [-0.15, -0.1) is 0 Å². The number of aryl methyl sites for hydroxylation is 1. The predicted molar refractivity (Wildman–Crippen MR) is 93.1 cm³/mol.